The standard InChI is InChI=1S/C14H21N3O/c1-10-4-3-5-12(8-10)17(2)14(18)11-6-7-16-13(15)9-11/h6-7,9-10,12H,3-5,8H2,1-2H3,(H2,15,16). The molecule has 1 saturated carbocycles. The molecule has 1 aliphatic rings. The van der Waals surface area contributed by atoms with Crippen LogP contribution in [0.25, 0.3) is 0 Å². The molecule has 2 atom stereocenters. The quantitative estimate of drug-likeness (QED) is 0.872. The maximum atomic E-state index is 12.3. The average molecular weight is 247 g/mol. The molecule has 0 aliphatic heterocycles. The Balaban J connectivity index is 2.08. The number of hydrogen-bond acceptors (Lipinski definition) is 3. The Hall–Kier alpha value is -1.58. The fourth-order valence-corrected chi connectivity index (χ4v) is 2.70. The molecule has 1 heterocycles. The highest BCUT2D eigenvalue weighted by atomic mass is 16.2. The number of rotatable bonds is 2. The molecule has 4 nitrogen and oxygen atoms in total. The number of anilines is 1. The van der Waals surface area contributed by atoms with Gasteiger partial charge in [0, 0.05) is 24.8 Å². The monoisotopic (exact) mass is 247 g/mol. The molecule has 0 radical (unpaired) electrons. The predicted octanol–water partition coefficient (Wildman–Crippen LogP) is 2.31. The van der Waals surface area contributed by atoms with E-state index in [2.05, 4.69) is 11.9 Å². The summed E-state index contributed by atoms with van der Waals surface area (Å²) in [7, 11) is 1.89. The summed E-state index contributed by atoms with van der Waals surface area (Å²) < 4.78 is 0. The van der Waals surface area contributed by atoms with Gasteiger partial charge in [0.05, 0.1) is 0 Å². The molecule has 1 amide bonds. The molecule has 1 aromatic heterocycles. The molecule has 18 heavy (non-hydrogen) atoms. The minimum atomic E-state index is 0.0446. The molecular weight excluding hydrogens is 226 g/mol. The average Bonchev–Trinajstić information content (AvgIpc) is 2.37. The number of nitrogen functional groups attached to an aromatic ring is 1. The van der Waals surface area contributed by atoms with Gasteiger partial charge in [-0.1, -0.05) is 19.8 Å². The fraction of sp³-hybridized carbons (Fsp3) is 0.571. The van der Waals surface area contributed by atoms with Gasteiger partial charge >= 0.3 is 0 Å². The molecule has 2 rings (SSSR count). The van der Waals surface area contributed by atoms with E-state index < -0.39 is 0 Å². The summed E-state index contributed by atoms with van der Waals surface area (Å²) in [6.45, 7) is 2.26. The van der Waals surface area contributed by atoms with Gasteiger partial charge in [-0.25, -0.2) is 4.98 Å². The van der Waals surface area contributed by atoms with Gasteiger partial charge in [0.25, 0.3) is 5.91 Å². The Morgan fingerprint density at radius 3 is 2.94 bits per heavy atom. The molecule has 98 valence electrons. The molecule has 0 saturated heterocycles. The van der Waals surface area contributed by atoms with E-state index in [0.717, 1.165) is 12.8 Å². The van der Waals surface area contributed by atoms with Crippen molar-refractivity contribution >= 4 is 11.7 Å². The number of amides is 1. The summed E-state index contributed by atoms with van der Waals surface area (Å²) >= 11 is 0. The minimum Gasteiger partial charge on any atom is -0.384 e. The second-order valence-corrected chi connectivity index (χ2v) is 5.31. The van der Waals surface area contributed by atoms with Gasteiger partial charge < -0.3 is 10.6 Å². The molecule has 0 bridgehead atoms. The maximum Gasteiger partial charge on any atom is 0.254 e. The second-order valence-electron chi connectivity index (χ2n) is 5.31. The van der Waals surface area contributed by atoms with Crippen molar-refractivity contribution in [3.05, 3.63) is 23.9 Å². The first-order chi connectivity index (χ1) is 8.58. The van der Waals surface area contributed by atoms with E-state index in [-0.39, 0.29) is 5.91 Å². The van der Waals surface area contributed by atoms with Crippen LogP contribution in [0.5, 0.6) is 0 Å². The van der Waals surface area contributed by atoms with Gasteiger partial charge in [0.2, 0.25) is 0 Å². The zero-order valence-corrected chi connectivity index (χ0v) is 11.1. The molecule has 1 aliphatic carbocycles. The Morgan fingerprint density at radius 2 is 2.28 bits per heavy atom. The van der Waals surface area contributed by atoms with Crippen molar-refractivity contribution in [2.24, 2.45) is 5.92 Å². The van der Waals surface area contributed by atoms with E-state index in [1.807, 2.05) is 11.9 Å². The lowest BCUT2D eigenvalue weighted by Crippen LogP contribution is -2.39. The van der Waals surface area contributed by atoms with E-state index in [1.54, 1.807) is 18.3 Å². The van der Waals surface area contributed by atoms with Crippen LogP contribution in [0, 0.1) is 5.92 Å². The normalized spacial score (nSPS) is 23.7. The van der Waals surface area contributed by atoms with E-state index in [0.29, 0.717) is 23.3 Å². The molecule has 2 N–H and O–H groups in total. The van der Waals surface area contributed by atoms with Gasteiger partial charge in [-0.15, -0.1) is 0 Å². The number of carbonyl (C=O) groups excluding carboxylic acids is 1. The molecule has 1 fully saturated rings. The first-order valence-electron chi connectivity index (χ1n) is 6.56. The number of aromatic nitrogens is 1. The first kappa shape index (κ1) is 12.9. The molecule has 4 heteroatoms. The van der Waals surface area contributed by atoms with Crippen molar-refractivity contribution in [2.45, 2.75) is 38.6 Å². The minimum absolute atomic E-state index is 0.0446. The SMILES string of the molecule is CC1CCCC(N(C)C(=O)c2ccnc(N)c2)C1. The number of hydrogen-bond donors (Lipinski definition) is 1. The number of nitrogens with two attached hydrogens (primary N) is 1. The third-order valence-corrected chi connectivity index (χ3v) is 3.80. The van der Waals surface area contributed by atoms with Crippen molar-refractivity contribution < 1.29 is 4.79 Å². The lowest BCUT2D eigenvalue weighted by Gasteiger charge is -2.34. The smallest absolute Gasteiger partial charge is 0.254 e. The summed E-state index contributed by atoms with van der Waals surface area (Å²) in [6, 6.07) is 3.72. The lowest BCUT2D eigenvalue weighted by atomic mass is 9.86. The van der Waals surface area contributed by atoms with Gasteiger partial charge in [-0.05, 0) is 30.9 Å². The Bertz CT molecular complexity index is 433. The summed E-state index contributed by atoms with van der Waals surface area (Å²) in [5.74, 6) is 1.15. The van der Waals surface area contributed by atoms with Crippen molar-refractivity contribution in [1.82, 2.24) is 9.88 Å². The molecule has 1 aromatic rings. The first-order valence-corrected chi connectivity index (χ1v) is 6.56. The zero-order valence-electron chi connectivity index (χ0n) is 11.1. The Kier molecular flexibility index (Phi) is 3.84. The molecular formula is C14H21N3O. The van der Waals surface area contributed by atoms with E-state index in [4.69, 9.17) is 5.73 Å². The van der Waals surface area contributed by atoms with Crippen LogP contribution in [0.15, 0.2) is 18.3 Å². The Labute approximate surface area is 108 Å². The molecule has 0 aromatic carbocycles. The van der Waals surface area contributed by atoms with Gasteiger partial charge in [0.15, 0.2) is 0 Å². The van der Waals surface area contributed by atoms with Gasteiger partial charge in [-0.2, -0.15) is 0 Å². The Morgan fingerprint density at radius 1 is 1.50 bits per heavy atom. The largest absolute Gasteiger partial charge is 0.384 e. The number of pyridine rings is 1. The summed E-state index contributed by atoms with van der Waals surface area (Å²) in [5.41, 5.74) is 6.24. The van der Waals surface area contributed by atoms with Crippen molar-refractivity contribution in [3.8, 4) is 0 Å². The van der Waals surface area contributed by atoms with Crippen LogP contribution < -0.4 is 5.73 Å². The summed E-state index contributed by atoms with van der Waals surface area (Å²) in [6.07, 6.45) is 6.28. The highest BCUT2D eigenvalue weighted by Crippen LogP contribution is 2.27. The van der Waals surface area contributed by atoms with Gasteiger partial charge in [0.1, 0.15) is 5.82 Å². The molecule has 2 unspecified atom stereocenters. The van der Waals surface area contributed by atoms with Crippen LogP contribution in [0.4, 0.5) is 5.82 Å². The maximum absolute atomic E-state index is 12.3. The van der Waals surface area contributed by atoms with E-state index in [1.165, 1.54) is 12.8 Å². The van der Waals surface area contributed by atoms with Crippen LogP contribution in [0.3, 0.4) is 0 Å². The summed E-state index contributed by atoms with van der Waals surface area (Å²) in [5, 5.41) is 0. The lowest BCUT2D eigenvalue weighted by molar-refractivity contribution is 0.0672. The van der Waals surface area contributed by atoms with Crippen molar-refractivity contribution in [2.75, 3.05) is 12.8 Å². The third kappa shape index (κ3) is 2.81. The summed E-state index contributed by atoms with van der Waals surface area (Å²) in [4.78, 5) is 18.1. The number of carbonyl (C=O) groups is 1. The highest BCUT2D eigenvalue weighted by Gasteiger charge is 2.26. The van der Waals surface area contributed by atoms with E-state index >= 15 is 0 Å². The van der Waals surface area contributed by atoms with Crippen LogP contribution in [0.1, 0.15) is 43.0 Å². The zero-order chi connectivity index (χ0) is 13.1. The van der Waals surface area contributed by atoms with E-state index in [9.17, 15) is 4.79 Å². The topological polar surface area (TPSA) is 59.2 Å². The number of nitrogens with zero attached hydrogens (tertiary/aromatic N) is 2. The van der Waals surface area contributed by atoms with Crippen LogP contribution in [0.2, 0.25) is 0 Å². The van der Waals surface area contributed by atoms with Crippen molar-refractivity contribution in [3.63, 3.8) is 0 Å². The molecule has 0 spiro atoms. The highest BCUT2D eigenvalue weighted by molar-refractivity contribution is 5.94. The van der Waals surface area contributed by atoms with Crippen LogP contribution >= 0.6 is 0 Å². The third-order valence-electron chi connectivity index (χ3n) is 3.80. The predicted molar refractivity (Wildman–Crippen MR) is 72.2 cm³/mol. The van der Waals surface area contributed by atoms with Crippen LogP contribution in [-0.4, -0.2) is 28.9 Å². The van der Waals surface area contributed by atoms with Crippen LogP contribution in [-0.2, 0) is 0 Å². The second kappa shape index (κ2) is 5.38. The fourth-order valence-electron chi connectivity index (χ4n) is 2.70. The van der Waals surface area contributed by atoms with Gasteiger partial charge in [-0.3, -0.25) is 4.79 Å². The van der Waals surface area contributed by atoms with Crippen molar-refractivity contribution in [1.29, 1.82) is 0 Å².